The van der Waals surface area contributed by atoms with Gasteiger partial charge in [-0.2, -0.15) is 0 Å². The molecule has 0 radical (unpaired) electrons. The number of hydrogen-bond acceptors (Lipinski definition) is 2. The molecule has 0 aromatic rings. The fourth-order valence-electron chi connectivity index (χ4n) is 12.1. The van der Waals surface area contributed by atoms with E-state index in [4.69, 9.17) is 4.74 Å². The minimum absolute atomic E-state index is 0.0388. The Morgan fingerprint density at radius 3 is 0.440 bits per heavy atom. The van der Waals surface area contributed by atoms with Crippen LogP contribution in [0.1, 0.15) is 457 Å². The third-order valence-electron chi connectivity index (χ3n) is 17.5. The molecular weight excluding hydrogens is 909 g/mol. The summed E-state index contributed by atoms with van der Waals surface area (Å²) in [5.74, 6) is 0.0388. The lowest BCUT2D eigenvalue weighted by molar-refractivity contribution is -0.143. The highest BCUT2D eigenvalue weighted by atomic mass is 16.5. The van der Waals surface area contributed by atoms with Crippen LogP contribution in [-0.2, 0) is 9.53 Å². The maximum atomic E-state index is 12.2. The first kappa shape index (κ1) is 74.5. The molecule has 75 heavy (non-hydrogen) atoms. The van der Waals surface area contributed by atoms with E-state index in [2.05, 4.69) is 13.8 Å². The minimum atomic E-state index is 0.0388. The number of rotatable bonds is 70. The first-order valence-electron chi connectivity index (χ1n) is 36.5. The Labute approximate surface area is 476 Å². The number of unbranched alkanes of at least 4 members (excludes halogenated alkanes) is 66. The Kier molecular flexibility index (Phi) is 71.0. The van der Waals surface area contributed by atoms with Gasteiger partial charge in [-0.25, -0.2) is 0 Å². The van der Waals surface area contributed by atoms with Gasteiger partial charge >= 0.3 is 5.97 Å². The highest BCUT2D eigenvalue weighted by Gasteiger charge is 2.04. The predicted molar refractivity (Wildman–Crippen MR) is 341 cm³/mol. The SMILES string of the molecule is CCCCCCCCCCCCCCCCCCCCCCCCCCCCCCCCCCCCCCC(=O)OCCCCCCCCCCCCCCCCCCCCCCCCCCCCCCCCCC. The Balaban J connectivity index is 3.14. The standard InChI is InChI=1S/C73H146O2/c1-3-5-7-9-11-13-15-17-19-21-23-25-27-29-31-33-35-37-38-39-40-41-43-45-47-49-51-53-55-57-59-61-63-65-67-69-71-73(74)75-72-70-68-66-64-62-60-58-56-54-52-50-48-46-44-42-36-34-32-30-28-26-24-22-20-18-16-14-12-10-8-6-4-2/h3-72H2,1-2H3. The maximum absolute atomic E-state index is 12.2. The lowest BCUT2D eigenvalue weighted by atomic mass is 10.0. The largest absolute Gasteiger partial charge is 0.466 e. The molecular formula is C73H146O2. The van der Waals surface area contributed by atoms with Crippen molar-refractivity contribution in [3.8, 4) is 0 Å². The van der Waals surface area contributed by atoms with Crippen molar-refractivity contribution < 1.29 is 9.53 Å². The van der Waals surface area contributed by atoms with Gasteiger partial charge in [-0.3, -0.25) is 4.79 Å². The number of ether oxygens (including phenoxy) is 1. The van der Waals surface area contributed by atoms with Crippen molar-refractivity contribution >= 4 is 5.97 Å². The van der Waals surface area contributed by atoms with Crippen molar-refractivity contribution in [3.05, 3.63) is 0 Å². The molecule has 0 aromatic carbocycles. The topological polar surface area (TPSA) is 26.3 Å². The molecule has 0 rings (SSSR count). The molecule has 450 valence electrons. The summed E-state index contributed by atoms with van der Waals surface area (Å²) in [5.41, 5.74) is 0. The van der Waals surface area contributed by atoms with Gasteiger partial charge in [0, 0.05) is 6.42 Å². The van der Waals surface area contributed by atoms with Crippen molar-refractivity contribution in [1.82, 2.24) is 0 Å². The number of hydrogen-bond donors (Lipinski definition) is 0. The van der Waals surface area contributed by atoms with Crippen LogP contribution in [0, 0.1) is 0 Å². The predicted octanol–water partition coefficient (Wildman–Crippen LogP) is 27.5. The quantitative estimate of drug-likeness (QED) is 0.0448. The molecule has 0 atom stereocenters. The van der Waals surface area contributed by atoms with Crippen molar-refractivity contribution in [2.75, 3.05) is 6.61 Å². The summed E-state index contributed by atoms with van der Waals surface area (Å²) in [5, 5.41) is 0. The fraction of sp³-hybridized carbons (Fsp3) is 0.986. The molecule has 0 amide bonds. The minimum Gasteiger partial charge on any atom is -0.466 e. The first-order valence-corrected chi connectivity index (χ1v) is 36.5. The molecule has 0 heterocycles. The zero-order valence-corrected chi connectivity index (χ0v) is 52.8. The highest BCUT2D eigenvalue weighted by molar-refractivity contribution is 5.69. The van der Waals surface area contributed by atoms with Crippen LogP contribution in [0.25, 0.3) is 0 Å². The average Bonchev–Trinajstić information content (AvgIpc) is 3.42. The van der Waals surface area contributed by atoms with Gasteiger partial charge < -0.3 is 4.74 Å². The average molecular weight is 1060 g/mol. The van der Waals surface area contributed by atoms with Crippen LogP contribution < -0.4 is 0 Å². The lowest BCUT2D eigenvalue weighted by Crippen LogP contribution is -2.05. The summed E-state index contributed by atoms with van der Waals surface area (Å²) < 4.78 is 5.54. The van der Waals surface area contributed by atoms with Crippen molar-refractivity contribution in [2.45, 2.75) is 457 Å². The third kappa shape index (κ3) is 71.5. The normalized spacial score (nSPS) is 11.7. The summed E-state index contributed by atoms with van der Waals surface area (Å²) in [6, 6.07) is 0. The van der Waals surface area contributed by atoms with Gasteiger partial charge in [-0.15, -0.1) is 0 Å². The van der Waals surface area contributed by atoms with E-state index in [-0.39, 0.29) is 5.97 Å². The molecule has 0 spiro atoms. The van der Waals surface area contributed by atoms with Gasteiger partial charge in [0.1, 0.15) is 0 Å². The summed E-state index contributed by atoms with van der Waals surface area (Å²) in [7, 11) is 0. The van der Waals surface area contributed by atoms with Gasteiger partial charge in [0.2, 0.25) is 0 Å². The first-order chi connectivity index (χ1) is 37.3. The lowest BCUT2D eigenvalue weighted by Gasteiger charge is -2.06. The van der Waals surface area contributed by atoms with E-state index in [1.165, 1.54) is 424 Å². The Hall–Kier alpha value is -0.530. The molecule has 0 unspecified atom stereocenters. The molecule has 0 saturated carbocycles. The summed E-state index contributed by atoms with van der Waals surface area (Å²) in [6.45, 7) is 5.26. The van der Waals surface area contributed by atoms with Crippen LogP contribution in [0.4, 0.5) is 0 Å². The van der Waals surface area contributed by atoms with Crippen LogP contribution in [-0.4, -0.2) is 12.6 Å². The molecule has 0 aromatic heterocycles. The summed E-state index contributed by atoms with van der Waals surface area (Å²) in [6.07, 6.45) is 98.2. The molecule has 2 heteroatoms. The second kappa shape index (κ2) is 71.5. The second-order valence-corrected chi connectivity index (χ2v) is 25.3. The van der Waals surface area contributed by atoms with Gasteiger partial charge in [-0.05, 0) is 12.8 Å². The van der Waals surface area contributed by atoms with Crippen LogP contribution in [0.2, 0.25) is 0 Å². The van der Waals surface area contributed by atoms with Crippen molar-refractivity contribution in [3.63, 3.8) is 0 Å². The van der Waals surface area contributed by atoms with E-state index in [9.17, 15) is 4.79 Å². The van der Waals surface area contributed by atoms with Crippen LogP contribution in [0.3, 0.4) is 0 Å². The number of carbonyl (C=O) groups excluding carboxylic acids is 1. The molecule has 0 bridgehead atoms. The fourth-order valence-corrected chi connectivity index (χ4v) is 12.1. The molecule has 0 N–H and O–H groups in total. The van der Waals surface area contributed by atoms with Gasteiger partial charge in [0.15, 0.2) is 0 Å². The molecule has 2 nitrogen and oxygen atoms in total. The van der Waals surface area contributed by atoms with E-state index < -0.39 is 0 Å². The van der Waals surface area contributed by atoms with E-state index in [0.29, 0.717) is 13.0 Å². The van der Waals surface area contributed by atoms with E-state index in [0.717, 1.165) is 12.8 Å². The van der Waals surface area contributed by atoms with Crippen LogP contribution in [0.15, 0.2) is 0 Å². The molecule has 0 saturated heterocycles. The smallest absolute Gasteiger partial charge is 0.305 e. The summed E-state index contributed by atoms with van der Waals surface area (Å²) in [4.78, 5) is 12.2. The second-order valence-electron chi connectivity index (χ2n) is 25.3. The van der Waals surface area contributed by atoms with Crippen LogP contribution >= 0.6 is 0 Å². The van der Waals surface area contributed by atoms with Crippen molar-refractivity contribution in [1.29, 1.82) is 0 Å². The van der Waals surface area contributed by atoms with Crippen molar-refractivity contribution in [2.24, 2.45) is 0 Å². The molecule has 0 aliphatic rings. The van der Waals surface area contributed by atoms with Gasteiger partial charge in [0.25, 0.3) is 0 Å². The van der Waals surface area contributed by atoms with Crippen LogP contribution in [0.5, 0.6) is 0 Å². The Morgan fingerprint density at radius 2 is 0.293 bits per heavy atom. The summed E-state index contributed by atoms with van der Waals surface area (Å²) >= 11 is 0. The number of esters is 1. The zero-order valence-electron chi connectivity index (χ0n) is 52.8. The zero-order chi connectivity index (χ0) is 53.8. The van der Waals surface area contributed by atoms with E-state index in [1.54, 1.807) is 0 Å². The van der Waals surface area contributed by atoms with Gasteiger partial charge in [-0.1, -0.05) is 438 Å². The van der Waals surface area contributed by atoms with E-state index in [1.807, 2.05) is 0 Å². The molecule has 0 aliphatic carbocycles. The Bertz CT molecular complexity index is 974. The van der Waals surface area contributed by atoms with E-state index >= 15 is 0 Å². The maximum Gasteiger partial charge on any atom is 0.305 e. The number of carbonyl (C=O) groups is 1. The Morgan fingerprint density at radius 1 is 0.173 bits per heavy atom. The van der Waals surface area contributed by atoms with Gasteiger partial charge in [0.05, 0.1) is 6.61 Å². The molecule has 0 fully saturated rings. The third-order valence-corrected chi connectivity index (χ3v) is 17.5. The molecule has 0 aliphatic heterocycles. The monoisotopic (exact) mass is 1060 g/mol. The highest BCUT2D eigenvalue weighted by Crippen LogP contribution is 2.20.